The Kier molecular flexibility index (Phi) is 2.67. The van der Waals surface area contributed by atoms with Crippen molar-refractivity contribution in [2.75, 3.05) is 5.73 Å². The molecule has 0 aliphatic heterocycles. The van der Waals surface area contributed by atoms with Crippen LogP contribution in [-0.2, 0) is 5.41 Å². The second-order valence-corrected chi connectivity index (χ2v) is 5.35. The molecule has 2 nitrogen and oxygen atoms in total. The van der Waals surface area contributed by atoms with Gasteiger partial charge < -0.3 is 5.73 Å². The zero-order valence-electron chi connectivity index (χ0n) is 11.0. The summed E-state index contributed by atoms with van der Waals surface area (Å²) < 4.78 is 0. The summed E-state index contributed by atoms with van der Waals surface area (Å²) in [5.74, 6) is 0.246. The van der Waals surface area contributed by atoms with Gasteiger partial charge in [0, 0.05) is 11.3 Å². The van der Waals surface area contributed by atoms with Crippen LogP contribution >= 0.6 is 0 Å². The van der Waals surface area contributed by atoms with E-state index in [4.69, 9.17) is 5.73 Å². The van der Waals surface area contributed by atoms with Crippen molar-refractivity contribution in [3.05, 3.63) is 65.2 Å². The normalized spacial score (nSPS) is 16.1. The molecule has 0 heterocycles. The van der Waals surface area contributed by atoms with E-state index in [0.29, 0.717) is 0 Å². The van der Waals surface area contributed by atoms with Crippen LogP contribution in [0.4, 0.5) is 5.69 Å². The van der Waals surface area contributed by atoms with E-state index in [1.54, 1.807) is 0 Å². The maximum absolute atomic E-state index is 12.8. The highest BCUT2D eigenvalue weighted by Gasteiger charge is 2.51. The van der Waals surface area contributed by atoms with E-state index in [1.165, 1.54) is 0 Å². The molecule has 0 spiro atoms. The van der Waals surface area contributed by atoms with Crippen molar-refractivity contribution in [1.29, 1.82) is 0 Å². The minimum absolute atomic E-state index is 0.246. The summed E-state index contributed by atoms with van der Waals surface area (Å²) in [6, 6.07) is 15.5. The molecule has 0 atom stereocenters. The van der Waals surface area contributed by atoms with Crippen molar-refractivity contribution in [3.8, 4) is 0 Å². The molecule has 2 aromatic carbocycles. The van der Waals surface area contributed by atoms with Gasteiger partial charge in [-0.25, -0.2) is 0 Å². The SMILES string of the molecule is Cc1ccccc1C(=O)C1(c2ccc(N)cc2)CC1. The van der Waals surface area contributed by atoms with Gasteiger partial charge in [-0.3, -0.25) is 4.79 Å². The molecule has 0 amide bonds. The van der Waals surface area contributed by atoms with Crippen LogP contribution < -0.4 is 5.73 Å². The van der Waals surface area contributed by atoms with Crippen LogP contribution in [0.25, 0.3) is 0 Å². The summed E-state index contributed by atoms with van der Waals surface area (Å²) >= 11 is 0. The molecule has 1 fully saturated rings. The average Bonchev–Trinajstić information content (AvgIpc) is 3.21. The maximum Gasteiger partial charge on any atom is 0.173 e. The Morgan fingerprint density at radius 3 is 2.26 bits per heavy atom. The molecule has 2 aromatic rings. The first-order valence-corrected chi connectivity index (χ1v) is 6.60. The molecular weight excluding hydrogens is 234 g/mol. The lowest BCUT2D eigenvalue weighted by Gasteiger charge is -2.16. The topological polar surface area (TPSA) is 43.1 Å². The first-order valence-electron chi connectivity index (χ1n) is 6.60. The Labute approximate surface area is 113 Å². The Hall–Kier alpha value is -2.09. The monoisotopic (exact) mass is 251 g/mol. The zero-order chi connectivity index (χ0) is 13.5. The number of Topliss-reactive ketones (excluding diaryl/α,β-unsaturated/α-hetero) is 1. The van der Waals surface area contributed by atoms with E-state index in [0.717, 1.165) is 35.2 Å². The largest absolute Gasteiger partial charge is 0.399 e. The third-order valence-corrected chi connectivity index (χ3v) is 4.04. The number of hydrogen-bond donors (Lipinski definition) is 1. The molecule has 1 aliphatic carbocycles. The van der Waals surface area contributed by atoms with Gasteiger partial charge in [-0.15, -0.1) is 0 Å². The average molecular weight is 251 g/mol. The summed E-state index contributed by atoms with van der Waals surface area (Å²) in [5, 5.41) is 0. The van der Waals surface area contributed by atoms with E-state index < -0.39 is 0 Å². The van der Waals surface area contributed by atoms with Crippen molar-refractivity contribution in [2.45, 2.75) is 25.2 Å². The van der Waals surface area contributed by atoms with Crippen LogP contribution in [0.5, 0.6) is 0 Å². The lowest BCUT2D eigenvalue weighted by molar-refractivity contribution is 0.0945. The molecule has 96 valence electrons. The molecule has 2 heteroatoms. The number of nitrogen functional groups attached to an aromatic ring is 1. The molecule has 0 bridgehead atoms. The fraction of sp³-hybridized carbons (Fsp3) is 0.235. The van der Waals surface area contributed by atoms with E-state index >= 15 is 0 Å². The van der Waals surface area contributed by atoms with Crippen LogP contribution in [-0.4, -0.2) is 5.78 Å². The Balaban J connectivity index is 2.00. The molecule has 0 radical (unpaired) electrons. The third-order valence-electron chi connectivity index (χ3n) is 4.04. The first kappa shape index (κ1) is 12.0. The van der Waals surface area contributed by atoms with Crippen LogP contribution in [0.15, 0.2) is 48.5 Å². The van der Waals surface area contributed by atoms with Crippen molar-refractivity contribution < 1.29 is 4.79 Å². The van der Waals surface area contributed by atoms with Crippen LogP contribution in [0, 0.1) is 6.92 Å². The predicted octanol–water partition coefficient (Wildman–Crippen LogP) is 3.49. The number of carbonyl (C=O) groups is 1. The van der Waals surface area contributed by atoms with Crippen molar-refractivity contribution >= 4 is 11.5 Å². The minimum atomic E-state index is -0.306. The smallest absolute Gasteiger partial charge is 0.173 e. The van der Waals surface area contributed by atoms with Crippen molar-refractivity contribution in [1.82, 2.24) is 0 Å². The zero-order valence-corrected chi connectivity index (χ0v) is 11.0. The number of hydrogen-bond acceptors (Lipinski definition) is 2. The maximum atomic E-state index is 12.8. The Morgan fingerprint density at radius 2 is 1.68 bits per heavy atom. The summed E-state index contributed by atoms with van der Waals surface area (Å²) in [5.41, 5.74) is 9.14. The number of aryl methyl sites for hydroxylation is 1. The third kappa shape index (κ3) is 1.93. The summed E-state index contributed by atoms with van der Waals surface area (Å²) in [6.45, 7) is 1.99. The lowest BCUT2D eigenvalue weighted by Crippen LogP contribution is -2.21. The van der Waals surface area contributed by atoms with E-state index in [1.807, 2.05) is 55.5 Å². The molecule has 2 N–H and O–H groups in total. The molecule has 0 unspecified atom stereocenters. The van der Waals surface area contributed by atoms with Gasteiger partial charge in [-0.1, -0.05) is 36.4 Å². The highest BCUT2D eigenvalue weighted by atomic mass is 16.1. The fourth-order valence-corrected chi connectivity index (χ4v) is 2.66. The highest BCUT2D eigenvalue weighted by Crippen LogP contribution is 2.50. The van der Waals surface area contributed by atoms with E-state index in [9.17, 15) is 4.79 Å². The molecule has 19 heavy (non-hydrogen) atoms. The van der Waals surface area contributed by atoms with Gasteiger partial charge in [-0.2, -0.15) is 0 Å². The van der Waals surface area contributed by atoms with Crippen molar-refractivity contribution in [2.24, 2.45) is 0 Å². The second kappa shape index (κ2) is 4.23. The van der Waals surface area contributed by atoms with Gasteiger partial charge in [0.1, 0.15) is 0 Å². The summed E-state index contributed by atoms with van der Waals surface area (Å²) in [6.07, 6.45) is 1.87. The summed E-state index contributed by atoms with van der Waals surface area (Å²) in [7, 11) is 0. The van der Waals surface area contributed by atoms with E-state index in [2.05, 4.69) is 0 Å². The van der Waals surface area contributed by atoms with Crippen LogP contribution in [0.2, 0.25) is 0 Å². The minimum Gasteiger partial charge on any atom is -0.399 e. The lowest BCUT2D eigenvalue weighted by atomic mass is 9.86. The molecule has 0 saturated heterocycles. The van der Waals surface area contributed by atoms with Gasteiger partial charge in [0.25, 0.3) is 0 Å². The molecule has 1 aliphatic rings. The molecule has 0 aromatic heterocycles. The standard InChI is InChI=1S/C17H17NO/c1-12-4-2-3-5-15(12)16(19)17(10-11-17)13-6-8-14(18)9-7-13/h2-9H,10-11,18H2,1H3. The van der Waals surface area contributed by atoms with Gasteiger partial charge in [-0.05, 0) is 43.0 Å². The van der Waals surface area contributed by atoms with Crippen molar-refractivity contribution in [3.63, 3.8) is 0 Å². The summed E-state index contributed by atoms with van der Waals surface area (Å²) in [4.78, 5) is 12.8. The van der Waals surface area contributed by atoms with Gasteiger partial charge in [0.05, 0.1) is 5.41 Å². The predicted molar refractivity (Wildman–Crippen MR) is 77.3 cm³/mol. The highest BCUT2D eigenvalue weighted by molar-refractivity contribution is 6.07. The Morgan fingerprint density at radius 1 is 1.05 bits per heavy atom. The van der Waals surface area contributed by atoms with Gasteiger partial charge in [0.2, 0.25) is 0 Å². The van der Waals surface area contributed by atoms with Crippen LogP contribution in [0.1, 0.15) is 34.3 Å². The molecule has 3 rings (SSSR count). The van der Waals surface area contributed by atoms with Crippen LogP contribution in [0.3, 0.4) is 0 Å². The number of carbonyl (C=O) groups excluding carboxylic acids is 1. The molecular formula is C17H17NO. The molecule has 1 saturated carbocycles. The fourth-order valence-electron chi connectivity index (χ4n) is 2.66. The quantitative estimate of drug-likeness (QED) is 0.670. The van der Waals surface area contributed by atoms with Gasteiger partial charge >= 0.3 is 0 Å². The number of rotatable bonds is 3. The van der Waals surface area contributed by atoms with Gasteiger partial charge in [0.15, 0.2) is 5.78 Å². The Bertz CT molecular complexity index is 624. The number of nitrogens with two attached hydrogens (primary N) is 1. The number of benzene rings is 2. The second-order valence-electron chi connectivity index (χ2n) is 5.35. The van der Waals surface area contributed by atoms with E-state index in [-0.39, 0.29) is 11.2 Å². The first-order chi connectivity index (χ1) is 9.13. The number of ketones is 1. The number of anilines is 1.